The Labute approximate surface area is 174 Å². The van der Waals surface area contributed by atoms with Gasteiger partial charge in [0.2, 0.25) is 0 Å². The monoisotopic (exact) mass is 405 g/mol. The predicted molar refractivity (Wildman–Crippen MR) is 115 cm³/mol. The third kappa shape index (κ3) is 4.20. The number of nitrogens with one attached hydrogen (secondary N) is 1. The van der Waals surface area contributed by atoms with Crippen molar-refractivity contribution in [2.24, 2.45) is 0 Å². The lowest BCUT2D eigenvalue weighted by atomic mass is 10.1. The van der Waals surface area contributed by atoms with Gasteiger partial charge in [0.25, 0.3) is 0 Å². The van der Waals surface area contributed by atoms with Crippen LogP contribution in [0.5, 0.6) is 0 Å². The molecule has 1 atom stereocenters. The second kappa shape index (κ2) is 9.07. The SMILES string of the molecule is CCC(CO)NCc1cnn(-c2ccc(-c3ccc(F)cc3)cc2)c1-c1ccco1. The van der Waals surface area contributed by atoms with Gasteiger partial charge in [-0.1, -0.05) is 31.2 Å². The highest BCUT2D eigenvalue weighted by atomic mass is 19.1. The number of hydrogen-bond acceptors (Lipinski definition) is 4. The maximum atomic E-state index is 13.2. The summed E-state index contributed by atoms with van der Waals surface area (Å²) in [6, 6.07) is 18.2. The fourth-order valence-electron chi connectivity index (χ4n) is 3.41. The van der Waals surface area contributed by atoms with E-state index in [1.165, 1.54) is 12.1 Å². The normalized spacial score (nSPS) is 12.2. The number of aromatic nitrogens is 2. The summed E-state index contributed by atoms with van der Waals surface area (Å²) in [5.41, 5.74) is 4.71. The summed E-state index contributed by atoms with van der Waals surface area (Å²) in [7, 11) is 0. The molecule has 30 heavy (non-hydrogen) atoms. The molecule has 2 aromatic heterocycles. The van der Waals surface area contributed by atoms with Crippen LogP contribution in [-0.4, -0.2) is 27.5 Å². The maximum Gasteiger partial charge on any atom is 0.152 e. The van der Waals surface area contributed by atoms with Gasteiger partial charge in [-0.05, 0) is 53.9 Å². The third-order valence-electron chi connectivity index (χ3n) is 5.18. The molecule has 6 heteroatoms. The highest BCUT2D eigenvalue weighted by Crippen LogP contribution is 2.28. The van der Waals surface area contributed by atoms with Gasteiger partial charge in [0.15, 0.2) is 5.76 Å². The quantitative estimate of drug-likeness (QED) is 0.442. The van der Waals surface area contributed by atoms with Crippen molar-refractivity contribution in [1.82, 2.24) is 15.1 Å². The van der Waals surface area contributed by atoms with Crippen molar-refractivity contribution in [3.05, 3.63) is 84.5 Å². The van der Waals surface area contributed by atoms with Gasteiger partial charge < -0.3 is 14.8 Å². The molecule has 0 spiro atoms. The van der Waals surface area contributed by atoms with E-state index in [1.807, 2.05) is 54.2 Å². The summed E-state index contributed by atoms with van der Waals surface area (Å²) < 4.78 is 20.7. The fourth-order valence-corrected chi connectivity index (χ4v) is 3.41. The average molecular weight is 405 g/mol. The third-order valence-corrected chi connectivity index (χ3v) is 5.18. The number of nitrogens with zero attached hydrogens (tertiary/aromatic N) is 2. The predicted octanol–water partition coefficient (Wildman–Crippen LogP) is 4.80. The van der Waals surface area contributed by atoms with Crippen molar-refractivity contribution in [2.75, 3.05) is 6.61 Å². The standard InChI is InChI=1S/C24H24FN3O2/c1-2-21(16-29)26-14-19-15-27-28(24(19)23-4-3-13-30-23)22-11-7-18(8-12-22)17-5-9-20(25)10-6-17/h3-13,15,21,26,29H,2,14,16H2,1H3. The Bertz CT molecular complexity index is 1070. The first-order valence-electron chi connectivity index (χ1n) is 10.0. The van der Waals surface area contributed by atoms with Gasteiger partial charge in [0.05, 0.1) is 24.8 Å². The summed E-state index contributed by atoms with van der Waals surface area (Å²) >= 11 is 0. The first-order chi connectivity index (χ1) is 14.7. The molecule has 154 valence electrons. The highest BCUT2D eigenvalue weighted by Gasteiger charge is 2.17. The Hall–Kier alpha value is -3.22. The zero-order chi connectivity index (χ0) is 20.9. The molecule has 4 aromatic rings. The van der Waals surface area contributed by atoms with Crippen molar-refractivity contribution in [3.8, 4) is 28.3 Å². The molecule has 1 unspecified atom stereocenters. The first kappa shape index (κ1) is 20.1. The number of benzene rings is 2. The second-order valence-electron chi connectivity index (χ2n) is 7.13. The van der Waals surface area contributed by atoms with E-state index in [4.69, 9.17) is 4.42 Å². The van der Waals surface area contributed by atoms with Gasteiger partial charge in [0.1, 0.15) is 11.5 Å². The van der Waals surface area contributed by atoms with Crippen LogP contribution in [0.4, 0.5) is 4.39 Å². The van der Waals surface area contributed by atoms with Crippen LogP contribution in [0.2, 0.25) is 0 Å². The van der Waals surface area contributed by atoms with Crippen molar-refractivity contribution in [3.63, 3.8) is 0 Å². The molecule has 0 bridgehead atoms. The lowest BCUT2D eigenvalue weighted by molar-refractivity contribution is 0.238. The molecule has 5 nitrogen and oxygen atoms in total. The summed E-state index contributed by atoms with van der Waals surface area (Å²) in [6.07, 6.45) is 4.30. The Morgan fingerprint density at radius 2 is 1.77 bits per heavy atom. The summed E-state index contributed by atoms with van der Waals surface area (Å²) in [5, 5.41) is 17.4. The molecule has 0 saturated carbocycles. The van der Waals surface area contributed by atoms with Crippen LogP contribution in [-0.2, 0) is 6.54 Å². The molecule has 0 radical (unpaired) electrons. The van der Waals surface area contributed by atoms with E-state index in [1.54, 1.807) is 18.4 Å². The number of aliphatic hydroxyl groups excluding tert-OH is 1. The Balaban J connectivity index is 1.66. The number of furan rings is 1. The number of hydrogen-bond donors (Lipinski definition) is 2. The van der Waals surface area contributed by atoms with Crippen LogP contribution < -0.4 is 5.32 Å². The Morgan fingerprint density at radius 3 is 2.37 bits per heavy atom. The fraction of sp³-hybridized carbons (Fsp3) is 0.208. The van der Waals surface area contributed by atoms with Crippen LogP contribution in [0.1, 0.15) is 18.9 Å². The Kier molecular flexibility index (Phi) is 6.07. The average Bonchev–Trinajstić information content (AvgIpc) is 3.45. The van der Waals surface area contributed by atoms with E-state index in [0.717, 1.165) is 40.3 Å². The number of aliphatic hydroxyl groups is 1. The summed E-state index contributed by atoms with van der Waals surface area (Å²) in [4.78, 5) is 0. The molecular formula is C24H24FN3O2. The first-order valence-corrected chi connectivity index (χ1v) is 10.0. The van der Waals surface area contributed by atoms with Crippen LogP contribution in [0.25, 0.3) is 28.3 Å². The lowest BCUT2D eigenvalue weighted by Crippen LogP contribution is -2.31. The van der Waals surface area contributed by atoms with Crippen LogP contribution in [0, 0.1) is 5.82 Å². The number of halogens is 1. The number of rotatable bonds is 8. The highest BCUT2D eigenvalue weighted by molar-refractivity contribution is 5.66. The van der Waals surface area contributed by atoms with Crippen molar-refractivity contribution < 1.29 is 13.9 Å². The Morgan fingerprint density at radius 1 is 1.07 bits per heavy atom. The van der Waals surface area contributed by atoms with E-state index >= 15 is 0 Å². The van der Waals surface area contributed by atoms with Crippen LogP contribution >= 0.6 is 0 Å². The minimum absolute atomic E-state index is 0.0350. The van der Waals surface area contributed by atoms with E-state index in [0.29, 0.717) is 6.54 Å². The van der Waals surface area contributed by atoms with Crippen LogP contribution in [0.3, 0.4) is 0 Å². The summed E-state index contributed by atoms with van der Waals surface area (Å²) in [5.74, 6) is 0.478. The molecule has 0 amide bonds. The van der Waals surface area contributed by atoms with Crippen molar-refractivity contribution in [1.29, 1.82) is 0 Å². The largest absolute Gasteiger partial charge is 0.463 e. The molecular weight excluding hydrogens is 381 g/mol. The van der Waals surface area contributed by atoms with Crippen molar-refractivity contribution in [2.45, 2.75) is 25.9 Å². The topological polar surface area (TPSA) is 63.2 Å². The van der Waals surface area contributed by atoms with E-state index < -0.39 is 0 Å². The minimum Gasteiger partial charge on any atom is -0.463 e. The lowest BCUT2D eigenvalue weighted by Gasteiger charge is -2.14. The van der Waals surface area contributed by atoms with Crippen LogP contribution in [0.15, 0.2) is 77.5 Å². The zero-order valence-corrected chi connectivity index (χ0v) is 16.8. The molecule has 2 N–H and O–H groups in total. The van der Waals surface area contributed by atoms with Gasteiger partial charge in [0, 0.05) is 18.2 Å². The molecule has 0 fully saturated rings. The molecule has 0 aliphatic carbocycles. The van der Waals surface area contributed by atoms with Gasteiger partial charge in [-0.2, -0.15) is 5.10 Å². The molecule has 2 heterocycles. The second-order valence-corrected chi connectivity index (χ2v) is 7.13. The van der Waals surface area contributed by atoms with Gasteiger partial charge >= 0.3 is 0 Å². The molecule has 2 aromatic carbocycles. The van der Waals surface area contributed by atoms with Gasteiger partial charge in [-0.25, -0.2) is 9.07 Å². The smallest absolute Gasteiger partial charge is 0.152 e. The van der Waals surface area contributed by atoms with E-state index in [2.05, 4.69) is 10.4 Å². The van der Waals surface area contributed by atoms with Gasteiger partial charge in [-0.3, -0.25) is 0 Å². The van der Waals surface area contributed by atoms with E-state index in [9.17, 15) is 9.50 Å². The maximum absolute atomic E-state index is 13.2. The molecule has 0 saturated heterocycles. The van der Waals surface area contributed by atoms with Crippen molar-refractivity contribution >= 4 is 0 Å². The summed E-state index contributed by atoms with van der Waals surface area (Å²) in [6.45, 7) is 2.70. The minimum atomic E-state index is -0.248. The molecule has 0 aliphatic rings. The van der Waals surface area contributed by atoms with Gasteiger partial charge in [-0.15, -0.1) is 0 Å². The van der Waals surface area contributed by atoms with E-state index in [-0.39, 0.29) is 18.5 Å². The molecule has 0 aliphatic heterocycles. The zero-order valence-electron chi connectivity index (χ0n) is 16.8. The molecule has 4 rings (SSSR count).